The molecule has 0 radical (unpaired) electrons. The van der Waals surface area contributed by atoms with Crippen LogP contribution < -0.4 is 0 Å². The van der Waals surface area contributed by atoms with Crippen LogP contribution in [-0.4, -0.2) is 12.4 Å². The lowest BCUT2D eigenvalue weighted by Gasteiger charge is -2.18. The summed E-state index contributed by atoms with van der Waals surface area (Å²) in [6, 6.07) is 5.39. The number of hydrogen-bond donors (Lipinski definition) is 0. The lowest BCUT2D eigenvalue weighted by Crippen LogP contribution is -2.16. The molecule has 1 aromatic carbocycles. The Kier molecular flexibility index (Phi) is 6.17. The largest absolute Gasteiger partial charge is 0.366 e. The highest BCUT2D eigenvalue weighted by atomic mass is 79.9. The Morgan fingerprint density at radius 3 is 2.76 bits per heavy atom. The predicted octanol–water partition coefficient (Wildman–Crippen LogP) is 4.55. The van der Waals surface area contributed by atoms with Crippen molar-refractivity contribution in [3.8, 4) is 0 Å². The predicted molar refractivity (Wildman–Crippen MR) is 73.4 cm³/mol. The van der Waals surface area contributed by atoms with Gasteiger partial charge in [-0.05, 0) is 24.6 Å². The van der Waals surface area contributed by atoms with Gasteiger partial charge in [0.25, 0.3) is 0 Å². The van der Waals surface area contributed by atoms with Gasteiger partial charge >= 0.3 is 0 Å². The van der Waals surface area contributed by atoms with Gasteiger partial charge in [0.15, 0.2) is 5.78 Å². The molecule has 0 aromatic heterocycles. The Balaban J connectivity index is 3.02. The second-order valence-corrected chi connectivity index (χ2v) is 5.03. The monoisotopic (exact) mass is 318 g/mol. The average molecular weight is 320 g/mol. The standard InChI is InChI=1S/C13H16BrClO2/c1-3-7-17-13(12(16)4-2)10-8-9(15)5-6-11(10)14/h5-6,8,13H,3-4,7H2,1-2H3. The average Bonchev–Trinajstić information content (AvgIpc) is 2.33. The molecule has 1 unspecified atom stereocenters. The molecule has 2 nitrogen and oxygen atoms in total. The summed E-state index contributed by atoms with van der Waals surface area (Å²) in [6.07, 6.45) is 0.812. The first-order chi connectivity index (χ1) is 8.10. The van der Waals surface area contributed by atoms with Gasteiger partial charge in [-0.1, -0.05) is 41.4 Å². The first-order valence-electron chi connectivity index (χ1n) is 5.69. The number of ether oxygens (including phenoxy) is 1. The molecule has 4 heteroatoms. The molecule has 0 N–H and O–H groups in total. The number of rotatable bonds is 6. The van der Waals surface area contributed by atoms with Crippen molar-refractivity contribution in [1.29, 1.82) is 0 Å². The summed E-state index contributed by atoms with van der Waals surface area (Å²) in [6.45, 7) is 4.42. The van der Waals surface area contributed by atoms with Crippen LogP contribution in [0.2, 0.25) is 5.02 Å². The SMILES string of the molecule is CCCOC(C(=O)CC)c1cc(Cl)ccc1Br. The van der Waals surface area contributed by atoms with Crippen LogP contribution in [0.4, 0.5) is 0 Å². The molecule has 0 aliphatic rings. The van der Waals surface area contributed by atoms with Crippen molar-refractivity contribution in [3.63, 3.8) is 0 Å². The topological polar surface area (TPSA) is 26.3 Å². The normalized spacial score (nSPS) is 12.5. The van der Waals surface area contributed by atoms with Gasteiger partial charge in [-0.3, -0.25) is 4.79 Å². The van der Waals surface area contributed by atoms with E-state index in [1.54, 1.807) is 12.1 Å². The van der Waals surface area contributed by atoms with E-state index in [0.29, 0.717) is 18.1 Å². The maximum absolute atomic E-state index is 11.9. The smallest absolute Gasteiger partial charge is 0.165 e. The van der Waals surface area contributed by atoms with E-state index >= 15 is 0 Å². The van der Waals surface area contributed by atoms with Crippen molar-refractivity contribution in [3.05, 3.63) is 33.3 Å². The molecule has 1 rings (SSSR count). The molecule has 0 aliphatic heterocycles. The molecule has 0 bridgehead atoms. The highest BCUT2D eigenvalue weighted by Gasteiger charge is 2.22. The van der Waals surface area contributed by atoms with E-state index in [1.807, 2.05) is 19.9 Å². The Bertz CT molecular complexity index is 393. The summed E-state index contributed by atoms with van der Waals surface area (Å²) in [4.78, 5) is 11.9. The van der Waals surface area contributed by atoms with Gasteiger partial charge in [-0.25, -0.2) is 0 Å². The molecule has 0 amide bonds. The first-order valence-corrected chi connectivity index (χ1v) is 6.86. The van der Waals surface area contributed by atoms with Crippen LogP contribution in [0.5, 0.6) is 0 Å². The molecular formula is C13H16BrClO2. The van der Waals surface area contributed by atoms with Gasteiger partial charge in [0, 0.05) is 28.1 Å². The number of carbonyl (C=O) groups excluding carboxylic acids is 1. The van der Waals surface area contributed by atoms with E-state index in [-0.39, 0.29) is 5.78 Å². The van der Waals surface area contributed by atoms with Gasteiger partial charge in [0.2, 0.25) is 0 Å². The zero-order chi connectivity index (χ0) is 12.8. The van der Waals surface area contributed by atoms with Gasteiger partial charge in [0.05, 0.1) is 0 Å². The first kappa shape index (κ1) is 14.7. The van der Waals surface area contributed by atoms with Crippen LogP contribution in [0.3, 0.4) is 0 Å². The zero-order valence-electron chi connectivity index (χ0n) is 10.0. The van der Waals surface area contributed by atoms with Crippen LogP contribution in [0.15, 0.2) is 22.7 Å². The number of benzene rings is 1. The molecule has 0 aliphatic carbocycles. The maximum Gasteiger partial charge on any atom is 0.165 e. The second-order valence-electron chi connectivity index (χ2n) is 3.74. The van der Waals surface area contributed by atoms with Crippen LogP contribution in [0, 0.1) is 0 Å². The van der Waals surface area contributed by atoms with E-state index in [4.69, 9.17) is 16.3 Å². The Labute approximate surface area is 115 Å². The van der Waals surface area contributed by atoms with E-state index in [0.717, 1.165) is 16.5 Å². The quantitative estimate of drug-likeness (QED) is 0.769. The second kappa shape index (κ2) is 7.14. The lowest BCUT2D eigenvalue weighted by atomic mass is 10.0. The van der Waals surface area contributed by atoms with Gasteiger partial charge < -0.3 is 4.74 Å². The third kappa shape index (κ3) is 4.09. The molecule has 0 fully saturated rings. The summed E-state index contributed by atoms with van der Waals surface area (Å²) in [5.74, 6) is 0.0708. The molecular weight excluding hydrogens is 303 g/mol. The number of carbonyl (C=O) groups is 1. The molecule has 1 atom stereocenters. The van der Waals surface area contributed by atoms with Gasteiger partial charge in [-0.2, -0.15) is 0 Å². The minimum absolute atomic E-state index is 0.0708. The summed E-state index contributed by atoms with van der Waals surface area (Å²) < 4.78 is 6.48. The van der Waals surface area contributed by atoms with Crippen molar-refractivity contribution < 1.29 is 9.53 Å². The van der Waals surface area contributed by atoms with Crippen molar-refractivity contribution >= 4 is 33.3 Å². The number of ketones is 1. The van der Waals surface area contributed by atoms with E-state index in [9.17, 15) is 4.79 Å². The number of halogens is 2. The molecule has 1 aromatic rings. The lowest BCUT2D eigenvalue weighted by molar-refractivity contribution is -0.130. The van der Waals surface area contributed by atoms with Crippen LogP contribution in [0.1, 0.15) is 38.4 Å². The Hall–Kier alpha value is -0.380. The summed E-state index contributed by atoms with van der Waals surface area (Å²) in [5, 5.41) is 0.609. The third-order valence-corrected chi connectivity index (χ3v) is 3.33. The molecule has 0 spiro atoms. The molecule has 94 valence electrons. The highest BCUT2D eigenvalue weighted by molar-refractivity contribution is 9.10. The van der Waals surface area contributed by atoms with Gasteiger partial charge in [0.1, 0.15) is 6.10 Å². The highest BCUT2D eigenvalue weighted by Crippen LogP contribution is 2.30. The van der Waals surface area contributed by atoms with E-state index in [2.05, 4.69) is 15.9 Å². The number of Topliss-reactive ketones (excluding diaryl/α,β-unsaturated/α-hetero) is 1. The van der Waals surface area contributed by atoms with Crippen LogP contribution >= 0.6 is 27.5 Å². The molecule has 17 heavy (non-hydrogen) atoms. The zero-order valence-corrected chi connectivity index (χ0v) is 12.3. The summed E-state index contributed by atoms with van der Waals surface area (Å²) in [5.41, 5.74) is 0.804. The van der Waals surface area contributed by atoms with Crippen molar-refractivity contribution in [1.82, 2.24) is 0 Å². The third-order valence-electron chi connectivity index (χ3n) is 2.37. The molecule has 0 heterocycles. The fourth-order valence-corrected chi connectivity index (χ4v) is 2.13. The van der Waals surface area contributed by atoms with E-state index < -0.39 is 6.10 Å². The summed E-state index contributed by atoms with van der Waals surface area (Å²) >= 11 is 9.38. The van der Waals surface area contributed by atoms with E-state index in [1.165, 1.54) is 0 Å². The van der Waals surface area contributed by atoms with Crippen LogP contribution in [0.25, 0.3) is 0 Å². The van der Waals surface area contributed by atoms with Crippen molar-refractivity contribution in [2.24, 2.45) is 0 Å². The fraction of sp³-hybridized carbons (Fsp3) is 0.462. The Morgan fingerprint density at radius 1 is 1.47 bits per heavy atom. The minimum atomic E-state index is -0.520. The molecule has 0 saturated carbocycles. The van der Waals surface area contributed by atoms with Crippen LogP contribution in [-0.2, 0) is 9.53 Å². The number of hydrogen-bond acceptors (Lipinski definition) is 2. The molecule has 0 saturated heterocycles. The summed E-state index contributed by atoms with van der Waals surface area (Å²) in [7, 11) is 0. The Morgan fingerprint density at radius 2 is 2.18 bits per heavy atom. The van der Waals surface area contributed by atoms with Gasteiger partial charge in [-0.15, -0.1) is 0 Å². The fourth-order valence-electron chi connectivity index (χ4n) is 1.49. The minimum Gasteiger partial charge on any atom is -0.366 e. The van der Waals surface area contributed by atoms with Crippen molar-refractivity contribution in [2.75, 3.05) is 6.61 Å². The maximum atomic E-state index is 11.9. The van der Waals surface area contributed by atoms with Crippen molar-refractivity contribution in [2.45, 2.75) is 32.8 Å².